The van der Waals surface area contributed by atoms with Crippen molar-refractivity contribution < 1.29 is 4.52 Å². The highest BCUT2D eigenvalue weighted by molar-refractivity contribution is 5.59. The molecule has 0 bridgehead atoms. The summed E-state index contributed by atoms with van der Waals surface area (Å²) in [4.78, 5) is 23.8. The van der Waals surface area contributed by atoms with Crippen LogP contribution in [0.5, 0.6) is 0 Å². The number of hydrogen-bond donors (Lipinski definition) is 2. The van der Waals surface area contributed by atoms with Gasteiger partial charge in [0.25, 0.3) is 11.4 Å². The van der Waals surface area contributed by atoms with Crippen molar-refractivity contribution in [2.45, 2.75) is 31.2 Å². The maximum atomic E-state index is 12.4. The van der Waals surface area contributed by atoms with Crippen LogP contribution in [0, 0.1) is 0 Å². The monoisotopic (exact) mass is 323 g/mol. The Bertz CT molecular complexity index is 910. The van der Waals surface area contributed by atoms with Crippen LogP contribution in [-0.4, -0.2) is 20.1 Å². The second-order valence-electron chi connectivity index (χ2n) is 6.12. The Hall–Kier alpha value is -2.80. The molecule has 3 aromatic heterocycles. The summed E-state index contributed by atoms with van der Waals surface area (Å²) < 4.78 is 5.28. The Kier molecular flexibility index (Phi) is 3.50. The topological polar surface area (TPSA) is 111 Å². The summed E-state index contributed by atoms with van der Waals surface area (Å²) in [5, 5.41) is 3.99. The summed E-state index contributed by atoms with van der Waals surface area (Å²) in [6.07, 6.45) is 5.45. The quantitative estimate of drug-likeness (QED) is 0.764. The number of aromatic nitrogens is 4. The minimum absolute atomic E-state index is 0.190. The van der Waals surface area contributed by atoms with Crippen molar-refractivity contribution in [2.75, 3.05) is 0 Å². The third-order valence-electron chi connectivity index (χ3n) is 4.45. The summed E-state index contributed by atoms with van der Waals surface area (Å²) in [5.41, 5.74) is 7.15. The number of nitrogens with zero attached hydrogens (tertiary/aromatic N) is 3. The van der Waals surface area contributed by atoms with E-state index in [9.17, 15) is 4.79 Å². The van der Waals surface area contributed by atoms with Crippen molar-refractivity contribution in [3.8, 4) is 22.8 Å². The number of hydrogen-bond acceptors (Lipinski definition) is 6. The van der Waals surface area contributed by atoms with Gasteiger partial charge < -0.3 is 15.2 Å². The average Bonchev–Trinajstić information content (AvgIpc) is 3.26. The van der Waals surface area contributed by atoms with Gasteiger partial charge in [0.05, 0.1) is 16.9 Å². The Morgan fingerprint density at radius 3 is 2.71 bits per heavy atom. The van der Waals surface area contributed by atoms with Crippen molar-refractivity contribution in [2.24, 2.45) is 5.73 Å². The van der Waals surface area contributed by atoms with Crippen LogP contribution in [0.2, 0.25) is 0 Å². The molecule has 0 unspecified atom stereocenters. The molecule has 0 atom stereocenters. The van der Waals surface area contributed by atoms with Crippen molar-refractivity contribution in [1.29, 1.82) is 0 Å². The lowest BCUT2D eigenvalue weighted by atomic mass is 9.99. The predicted molar refractivity (Wildman–Crippen MR) is 87.9 cm³/mol. The molecule has 4 rings (SSSR count). The first-order valence-electron chi connectivity index (χ1n) is 7.94. The molecule has 0 spiro atoms. The van der Waals surface area contributed by atoms with Crippen LogP contribution in [-0.2, 0) is 5.54 Å². The number of rotatable bonds is 3. The van der Waals surface area contributed by atoms with Gasteiger partial charge in [0.15, 0.2) is 5.82 Å². The molecular formula is C17H17N5O2. The first-order chi connectivity index (χ1) is 11.7. The number of aromatic amines is 1. The van der Waals surface area contributed by atoms with E-state index < -0.39 is 5.54 Å². The molecule has 1 fully saturated rings. The van der Waals surface area contributed by atoms with E-state index >= 15 is 0 Å². The molecule has 1 aliphatic carbocycles. The number of nitrogens with two attached hydrogens (primary N) is 1. The summed E-state index contributed by atoms with van der Waals surface area (Å²) in [5.74, 6) is 0.666. The second-order valence-corrected chi connectivity index (χ2v) is 6.12. The first kappa shape index (κ1) is 14.8. The van der Waals surface area contributed by atoms with E-state index in [1.807, 2.05) is 18.2 Å². The van der Waals surface area contributed by atoms with Gasteiger partial charge >= 0.3 is 0 Å². The molecule has 3 heterocycles. The van der Waals surface area contributed by atoms with Crippen LogP contribution in [0.3, 0.4) is 0 Å². The van der Waals surface area contributed by atoms with E-state index in [0.717, 1.165) is 25.7 Å². The van der Waals surface area contributed by atoms with E-state index in [0.29, 0.717) is 22.8 Å². The molecule has 7 heteroatoms. The Labute approximate surface area is 137 Å². The molecule has 7 nitrogen and oxygen atoms in total. The highest BCUT2D eigenvalue weighted by atomic mass is 16.5. The standard InChI is InChI=1S/C17H17N5O2/c18-17(8-2-3-9-17)16-21-15(24-22-16)11-6-7-13(20-14(11)23)12-5-1-4-10-19-12/h1,4-7,10H,2-3,8-9,18H2,(H,20,23). The van der Waals surface area contributed by atoms with Crippen molar-refractivity contribution in [3.63, 3.8) is 0 Å². The van der Waals surface area contributed by atoms with Gasteiger partial charge in [-0.25, -0.2) is 0 Å². The minimum atomic E-state index is -0.539. The number of pyridine rings is 2. The fourth-order valence-electron chi connectivity index (χ4n) is 3.08. The van der Waals surface area contributed by atoms with Gasteiger partial charge in [-0.2, -0.15) is 4.98 Å². The van der Waals surface area contributed by atoms with E-state index in [4.69, 9.17) is 10.3 Å². The van der Waals surface area contributed by atoms with Gasteiger partial charge in [0, 0.05) is 6.20 Å². The third-order valence-corrected chi connectivity index (χ3v) is 4.45. The van der Waals surface area contributed by atoms with Crippen LogP contribution < -0.4 is 11.3 Å². The second kappa shape index (κ2) is 5.68. The molecule has 122 valence electrons. The molecule has 0 aliphatic heterocycles. The molecule has 1 aliphatic rings. The van der Waals surface area contributed by atoms with E-state index in [1.165, 1.54) is 0 Å². The van der Waals surface area contributed by atoms with Crippen LogP contribution >= 0.6 is 0 Å². The lowest BCUT2D eigenvalue weighted by Crippen LogP contribution is -2.34. The Morgan fingerprint density at radius 1 is 1.17 bits per heavy atom. The zero-order chi connectivity index (χ0) is 16.6. The Balaban J connectivity index is 1.68. The zero-order valence-electron chi connectivity index (χ0n) is 13.0. The maximum Gasteiger partial charge on any atom is 0.263 e. The van der Waals surface area contributed by atoms with Gasteiger partial charge in [-0.15, -0.1) is 0 Å². The first-order valence-corrected chi connectivity index (χ1v) is 7.94. The molecule has 0 radical (unpaired) electrons. The van der Waals surface area contributed by atoms with Gasteiger partial charge in [-0.05, 0) is 37.1 Å². The van der Waals surface area contributed by atoms with Gasteiger partial charge in [-0.3, -0.25) is 9.78 Å². The highest BCUT2D eigenvalue weighted by Crippen LogP contribution is 2.35. The van der Waals surface area contributed by atoms with E-state index in [-0.39, 0.29) is 11.4 Å². The molecule has 1 saturated carbocycles. The zero-order valence-corrected chi connectivity index (χ0v) is 13.0. The van der Waals surface area contributed by atoms with Gasteiger partial charge in [0.2, 0.25) is 0 Å². The molecule has 24 heavy (non-hydrogen) atoms. The Morgan fingerprint density at radius 2 is 2.00 bits per heavy atom. The SMILES string of the molecule is NC1(c2noc(-c3ccc(-c4ccccn4)[nH]c3=O)n2)CCCC1. The molecule has 3 aromatic rings. The summed E-state index contributed by atoms with van der Waals surface area (Å²) >= 11 is 0. The van der Waals surface area contributed by atoms with Crippen LogP contribution in [0.15, 0.2) is 45.8 Å². The van der Waals surface area contributed by atoms with Crippen molar-refractivity contribution in [3.05, 3.63) is 52.7 Å². The molecule has 0 aromatic carbocycles. The number of nitrogens with one attached hydrogen (secondary N) is 1. The van der Waals surface area contributed by atoms with Gasteiger partial charge in [-0.1, -0.05) is 24.1 Å². The largest absolute Gasteiger partial charge is 0.334 e. The van der Waals surface area contributed by atoms with Crippen LogP contribution in [0.4, 0.5) is 0 Å². The lowest BCUT2D eigenvalue weighted by molar-refractivity contribution is 0.372. The summed E-state index contributed by atoms with van der Waals surface area (Å²) in [6, 6.07) is 8.95. The predicted octanol–water partition coefficient (Wildman–Crippen LogP) is 2.21. The fraction of sp³-hybridized carbons (Fsp3) is 0.294. The number of H-pyrrole nitrogens is 1. The maximum absolute atomic E-state index is 12.4. The molecule has 0 saturated heterocycles. The molecular weight excluding hydrogens is 306 g/mol. The van der Waals surface area contributed by atoms with Crippen molar-refractivity contribution >= 4 is 0 Å². The van der Waals surface area contributed by atoms with E-state index in [2.05, 4.69) is 20.1 Å². The summed E-state index contributed by atoms with van der Waals surface area (Å²) in [7, 11) is 0. The lowest BCUT2D eigenvalue weighted by Gasteiger charge is -2.17. The van der Waals surface area contributed by atoms with Crippen LogP contribution in [0.1, 0.15) is 31.5 Å². The summed E-state index contributed by atoms with van der Waals surface area (Å²) in [6.45, 7) is 0. The third kappa shape index (κ3) is 2.52. The smallest absolute Gasteiger partial charge is 0.263 e. The molecule has 3 N–H and O–H groups in total. The van der Waals surface area contributed by atoms with Crippen LogP contribution in [0.25, 0.3) is 22.8 Å². The van der Waals surface area contributed by atoms with Gasteiger partial charge in [0.1, 0.15) is 5.56 Å². The normalized spacial score (nSPS) is 16.4. The highest BCUT2D eigenvalue weighted by Gasteiger charge is 2.36. The fourth-order valence-corrected chi connectivity index (χ4v) is 3.08. The average molecular weight is 323 g/mol. The van der Waals surface area contributed by atoms with E-state index in [1.54, 1.807) is 18.3 Å². The minimum Gasteiger partial charge on any atom is -0.334 e. The van der Waals surface area contributed by atoms with Crippen molar-refractivity contribution in [1.82, 2.24) is 20.1 Å². The molecule has 0 amide bonds.